The number of hydrogen-bond acceptors (Lipinski definition) is 5. The molecule has 6 nitrogen and oxygen atoms in total. The van der Waals surface area contributed by atoms with Crippen molar-refractivity contribution in [2.45, 2.75) is 6.10 Å². The third-order valence-electron chi connectivity index (χ3n) is 2.84. The van der Waals surface area contributed by atoms with Crippen LogP contribution in [0.15, 0.2) is 34.7 Å². The molecule has 0 fully saturated rings. The molecule has 106 valence electrons. The van der Waals surface area contributed by atoms with E-state index in [0.717, 1.165) is 0 Å². The maximum absolute atomic E-state index is 10.8. The predicted octanol–water partition coefficient (Wildman–Crippen LogP) is 2.08. The number of carbonyl (C=O) groups is 1. The standard InChI is InChI=1S/C14H14O6/c1-18-10-5-3-4-8(13(10)19-2)12(15)9-6-7-11(20-9)14(16)17/h3-7,12,15H,1-2H3,(H,16,17). The van der Waals surface area contributed by atoms with Gasteiger partial charge in [-0.3, -0.25) is 0 Å². The fraction of sp³-hybridized carbons (Fsp3) is 0.214. The number of carboxylic acid groups (broad SMARTS) is 1. The number of aliphatic hydroxyl groups is 1. The number of methoxy groups -OCH3 is 2. The summed E-state index contributed by atoms with van der Waals surface area (Å²) in [6, 6.07) is 7.73. The minimum Gasteiger partial charge on any atom is -0.493 e. The molecule has 0 aliphatic rings. The molecule has 1 aromatic carbocycles. The molecule has 1 heterocycles. The smallest absolute Gasteiger partial charge is 0.371 e. The summed E-state index contributed by atoms with van der Waals surface area (Å²) in [7, 11) is 2.95. The lowest BCUT2D eigenvalue weighted by Crippen LogP contribution is -2.03. The molecule has 2 rings (SSSR count). The second-order valence-corrected chi connectivity index (χ2v) is 3.99. The van der Waals surface area contributed by atoms with Gasteiger partial charge in [0.15, 0.2) is 11.5 Å². The van der Waals surface area contributed by atoms with Crippen molar-refractivity contribution in [2.75, 3.05) is 14.2 Å². The number of para-hydroxylation sites is 1. The molecule has 1 atom stereocenters. The SMILES string of the molecule is COc1cccc(C(O)c2ccc(C(=O)O)o2)c1OC. The van der Waals surface area contributed by atoms with Crippen molar-refractivity contribution >= 4 is 5.97 Å². The minimum absolute atomic E-state index is 0.119. The first-order chi connectivity index (χ1) is 9.58. The highest BCUT2D eigenvalue weighted by atomic mass is 16.5. The van der Waals surface area contributed by atoms with Gasteiger partial charge in [0.25, 0.3) is 0 Å². The van der Waals surface area contributed by atoms with Gasteiger partial charge in [0.2, 0.25) is 5.76 Å². The molecule has 20 heavy (non-hydrogen) atoms. The van der Waals surface area contributed by atoms with Gasteiger partial charge in [0.05, 0.1) is 14.2 Å². The van der Waals surface area contributed by atoms with Gasteiger partial charge in [-0.1, -0.05) is 12.1 Å². The van der Waals surface area contributed by atoms with Crippen LogP contribution in [0.5, 0.6) is 11.5 Å². The van der Waals surface area contributed by atoms with Crippen LogP contribution in [-0.4, -0.2) is 30.4 Å². The van der Waals surface area contributed by atoms with Crippen molar-refractivity contribution in [3.63, 3.8) is 0 Å². The van der Waals surface area contributed by atoms with E-state index in [9.17, 15) is 9.90 Å². The number of furan rings is 1. The van der Waals surface area contributed by atoms with Crippen LogP contribution in [0.4, 0.5) is 0 Å². The molecule has 0 aliphatic carbocycles. The van der Waals surface area contributed by atoms with E-state index in [1.54, 1.807) is 18.2 Å². The quantitative estimate of drug-likeness (QED) is 0.870. The van der Waals surface area contributed by atoms with E-state index in [4.69, 9.17) is 19.0 Å². The van der Waals surface area contributed by atoms with Crippen molar-refractivity contribution in [1.29, 1.82) is 0 Å². The molecule has 0 bridgehead atoms. The molecule has 0 spiro atoms. The number of carboxylic acids is 1. The Labute approximate surface area is 115 Å². The van der Waals surface area contributed by atoms with Crippen molar-refractivity contribution in [1.82, 2.24) is 0 Å². The summed E-state index contributed by atoms with van der Waals surface area (Å²) in [6.07, 6.45) is -1.15. The maximum Gasteiger partial charge on any atom is 0.371 e. The summed E-state index contributed by atoms with van der Waals surface area (Å²) in [5, 5.41) is 19.1. The first-order valence-electron chi connectivity index (χ1n) is 5.80. The molecule has 2 aromatic rings. The van der Waals surface area contributed by atoms with Crippen LogP contribution >= 0.6 is 0 Å². The average molecular weight is 278 g/mol. The molecule has 0 radical (unpaired) electrons. The Balaban J connectivity index is 2.41. The lowest BCUT2D eigenvalue weighted by Gasteiger charge is -2.15. The van der Waals surface area contributed by atoms with Crippen LogP contribution in [0.2, 0.25) is 0 Å². The van der Waals surface area contributed by atoms with Gasteiger partial charge in [-0.2, -0.15) is 0 Å². The topological polar surface area (TPSA) is 89.1 Å². The van der Waals surface area contributed by atoms with E-state index in [0.29, 0.717) is 17.1 Å². The lowest BCUT2D eigenvalue weighted by atomic mass is 10.1. The molecular formula is C14H14O6. The zero-order valence-electron chi connectivity index (χ0n) is 11.0. The van der Waals surface area contributed by atoms with Crippen molar-refractivity contribution in [3.8, 4) is 11.5 Å². The molecule has 1 unspecified atom stereocenters. The average Bonchev–Trinajstić information content (AvgIpc) is 2.95. The van der Waals surface area contributed by atoms with Gasteiger partial charge in [-0.25, -0.2) is 4.79 Å². The maximum atomic E-state index is 10.8. The summed E-state index contributed by atoms with van der Waals surface area (Å²) in [6.45, 7) is 0. The highest BCUT2D eigenvalue weighted by Gasteiger charge is 2.22. The van der Waals surface area contributed by atoms with Gasteiger partial charge in [-0.05, 0) is 18.2 Å². The molecule has 6 heteroatoms. The third kappa shape index (κ3) is 2.46. The summed E-state index contributed by atoms with van der Waals surface area (Å²) in [4.78, 5) is 10.8. The predicted molar refractivity (Wildman–Crippen MR) is 69.3 cm³/mol. The van der Waals surface area contributed by atoms with E-state index in [1.165, 1.54) is 26.4 Å². The third-order valence-corrected chi connectivity index (χ3v) is 2.84. The Hall–Kier alpha value is -2.47. The molecule has 0 saturated carbocycles. The second kappa shape index (κ2) is 5.66. The summed E-state index contributed by atoms with van der Waals surface area (Å²) >= 11 is 0. The van der Waals surface area contributed by atoms with Gasteiger partial charge in [0, 0.05) is 5.56 Å². The number of rotatable bonds is 5. The van der Waals surface area contributed by atoms with Crippen LogP contribution in [0.25, 0.3) is 0 Å². The Morgan fingerprint density at radius 2 is 1.95 bits per heavy atom. The first-order valence-corrected chi connectivity index (χ1v) is 5.80. The fourth-order valence-electron chi connectivity index (χ4n) is 1.90. The zero-order chi connectivity index (χ0) is 14.7. The van der Waals surface area contributed by atoms with E-state index in [1.807, 2.05) is 0 Å². The Kier molecular flexibility index (Phi) is 3.95. The number of ether oxygens (including phenoxy) is 2. The normalized spacial score (nSPS) is 11.9. The highest BCUT2D eigenvalue weighted by molar-refractivity contribution is 5.84. The van der Waals surface area contributed by atoms with Gasteiger partial charge >= 0.3 is 5.97 Å². The Morgan fingerprint density at radius 1 is 1.20 bits per heavy atom. The second-order valence-electron chi connectivity index (χ2n) is 3.99. The summed E-state index contributed by atoms with van der Waals surface area (Å²) < 4.78 is 15.5. The van der Waals surface area contributed by atoms with Crippen LogP contribution in [0, 0.1) is 0 Å². The van der Waals surface area contributed by atoms with E-state index < -0.39 is 12.1 Å². The first kappa shape index (κ1) is 14.0. The zero-order valence-corrected chi connectivity index (χ0v) is 11.0. The number of benzene rings is 1. The fourth-order valence-corrected chi connectivity index (χ4v) is 1.90. The number of aliphatic hydroxyl groups excluding tert-OH is 1. The van der Waals surface area contributed by atoms with Gasteiger partial charge in [-0.15, -0.1) is 0 Å². The van der Waals surface area contributed by atoms with Crippen molar-refractivity contribution in [2.24, 2.45) is 0 Å². The largest absolute Gasteiger partial charge is 0.493 e. The van der Waals surface area contributed by atoms with Crippen molar-refractivity contribution in [3.05, 3.63) is 47.4 Å². The van der Waals surface area contributed by atoms with Crippen LogP contribution in [0.1, 0.15) is 28.0 Å². The van der Waals surface area contributed by atoms with E-state index >= 15 is 0 Å². The summed E-state index contributed by atoms with van der Waals surface area (Å²) in [5.74, 6) is -0.472. The number of aromatic carboxylic acids is 1. The lowest BCUT2D eigenvalue weighted by molar-refractivity contribution is 0.0655. The Bertz CT molecular complexity index is 616. The molecule has 2 N–H and O–H groups in total. The molecule has 0 aliphatic heterocycles. The Morgan fingerprint density at radius 3 is 2.50 bits per heavy atom. The van der Waals surface area contributed by atoms with Gasteiger partial charge in [0.1, 0.15) is 11.9 Å². The van der Waals surface area contributed by atoms with E-state index in [2.05, 4.69) is 0 Å². The highest BCUT2D eigenvalue weighted by Crippen LogP contribution is 2.37. The number of hydrogen-bond donors (Lipinski definition) is 2. The summed E-state index contributed by atoms with van der Waals surface area (Å²) in [5.41, 5.74) is 0.429. The molecule has 0 amide bonds. The van der Waals surface area contributed by atoms with Crippen molar-refractivity contribution < 1.29 is 28.9 Å². The van der Waals surface area contributed by atoms with Crippen LogP contribution < -0.4 is 9.47 Å². The minimum atomic E-state index is -1.19. The van der Waals surface area contributed by atoms with Crippen LogP contribution in [-0.2, 0) is 0 Å². The van der Waals surface area contributed by atoms with E-state index in [-0.39, 0.29) is 11.5 Å². The monoisotopic (exact) mass is 278 g/mol. The van der Waals surface area contributed by atoms with Crippen LogP contribution in [0.3, 0.4) is 0 Å². The van der Waals surface area contributed by atoms with Gasteiger partial charge < -0.3 is 24.1 Å². The molecule has 1 aromatic heterocycles. The molecular weight excluding hydrogens is 264 g/mol. The molecule has 0 saturated heterocycles.